The molecule has 0 aromatic carbocycles. The molecular formula is C65H125NO5. The van der Waals surface area contributed by atoms with Crippen molar-refractivity contribution in [3.05, 3.63) is 24.3 Å². The van der Waals surface area contributed by atoms with Gasteiger partial charge in [-0.1, -0.05) is 295 Å². The lowest BCUT2D eigenvalue weighted by Crippen LogP contribution is -2.45. The molecule has 0 spiro atoms. The van der Waals surface area contributed by atoms with E-state index in [0.717, 1.165) is 44.9 Å². The van der Waals surface area contributed by atoms with Gasteiger partial charge in [0.1, 0.15) is 0 Å². The summed E-state index contributed by atoms with van der Waals surface area (Å²) in [6.45, 7) is 4.94. The van der Waals surface area contributed by atoms with Crippen molar-refractivity contribution < 1.29 is 24.5 Å². The number of ether oxygens (including phenoxy) is 1. The van der Waals surface area contributed by atoms with Gasteiger partial charge >= 0.3 is 5.97 Å². The van der Waals surface area contributed by atoms with Crippen molar-refractivity contribution in [1.82, 2.24) is 5.32 Å². The van der Waals surface area contributed by atoms with Crippen LogP contribution in [0.25, 0.3) is 0 Å². The second-order valence-corrected chi connectivity index (χ2v) is 22.1. The average molecular weight is 1000 g/mol. The summed E-state index contributed by atoms with van der Waals surface area (Å²) >= 11 is 0. The van der Waals surface area contributed by atoms with Crippen LogP contribution in [-0.4, -0.2) is 47.4 Å². The smallest absolute Gasteiger partial charge is 0.305 e. The van der Waals surface area contributed by atoms with Crippen LogP contribution in [0.3, 0.4) is 0 Å². The monoisotopic (exact) mass is 1000 g/mol. The molecule has 0 radical (unpaired) electrons. The Morgan fingerprint density at radius 2 is 0.676 bits per heavy atom. The third-order valence-corrected chi connectivity index (χ3v) is 15.0. The Bertz CT molecular complexity index is 1110. The highest BCUT2D eigenvalue weighted by molar-refractivity contribution is 5.76. The van der Waals surface area contributed by atoms with Crippen LogP contribution in [-0.2, 0) is 14.3 Å². The topological polar surface area (TPSA) is 95.9 Å². The average Bonchev–Trinajstić information content (AvgIpc) is 3.37. The highest BCUT2D eigenvalue weighted by atomic mass is 16.5. The molecule has 6 heteroatoms. The first-order valence-electron chi connectivity index (χ1n) is 32.1. The minimum atomic E-state index is -0.667. The Hall–Kier alpha value is -1.66. The third-order valence-electron chi connectivity index (χ3n) is 15.0. The molecule has 71 heavy (non-hydrogen) atoms. The molecule has 0 aliphatic heterocycles. The predicted molar refractivity (Wildman–Crippen MR) is 310 cm³/mol. The number of esters is 1. The van der Waals surface area contributed by atoms with Gasteiger partial charge in [0, 0.05) is 12.8 Å². The Balaban J connectivity index is 3.41. The van der Waals surface area contributed by atoms with Crippen molar-refractivity contribution in [2.75, 3.05) is 13.2 Å². The molecule has 0 bridgehead atoms. The number of aliphatic hydroxyl groups excluding tert-OH is 2. The van der Waals surface area contributed by atoms with Crippen LogP contribution < -0.4 is 5.32 Å². The Morgan fingerprint density at radius 1 is 0.380 bits per heavy atom. The van der Waals surface area contributed by atoms with Crippen molar-refractivity contribution in [2.24, 2.45) is 0 Å². The summed E-state index contributed by atoms with van der Waals surface area (Å²) in [5.41, 5.74) is 0. The fraction of sp³-hybridized carbons (Fsp3) is 0.908. The minimum absolute atomic E-state index is 0.00184. The van der Waals surface area contributed by atoms with Gasteiger partial charge in [0.2, 0.25) is 5.91 Å². The number of carbonyl (C=O) groups excluding carboxylic acids is 2. The lowest BCUT2D eigenvalue weighted by atomic mass is 10.0. The molecule has 0 heterocycles. The van der Waals surface area contributed by atoms with E-state index in [9.17, 15) is 19.8 Å². The third kappa shape index (κ3) is 57.5. The van der Waals surface area contributed by atoms with Crippen LogP contribution in [0.2, 0.25) is 0 Å². The van der Waals surface area contributed by atoms with E-state index in [1.54, 1.807) is 0 Å². The van der Waals surface area contributed by atoms with Gasteiger partial charge < -0.3 is 20.3 Å². The summed E-state index contributed by atoms with van der Waals surface area (Å²) in [4.78, 5) is 24.5. The Kier molecular flexibility index (Phi) is 59.5. The van der Waals surface area contributed by atoms with Crippen molar-refractivity contribution in [3.8, 4) is 0 Å². The first-order chi connectivity index (χ1) is 35.0. The fourth-order valence-electron chi connectivity index (χ4n) is 10.0. The highest BCUT2D eigenvalue weighted by Gasteiger charge is 2.20. The van der Waals surface area contributed by atoms with E-state index >= 15 is 0 Å². The molecule has 0 saturated carbocycles. The van der Waals surface area contributed by atoms with Gasteiger partial charge in [-0.2, -0.15) is 0 Å². The SMILES string of the molecule is CCCC/C=C\CCCCCCCC(=O)OCCCCCCCCCCCCCC/C=C\CCCCCCCCCCC(=O)NC(CO)C(O)CCCCCCCCCCCCCCCCCCCCC. The normalized spacial score (nSPS) is 12.7. The van der Waals surface area contributed by atoms with Gasteiger partial charge in [0.25, 0.3) is 0 Å². The molecule has 0 aromatic rings. The van der Waals surface area contributed by atoms with E-state index in [1.807, 2.05) is 0 Å². The molecule has 0 aliphatic rings. The van der Waals surface area contributed by atoms with Gasteiger partial charge in [-0.05, 0) is 70.6 Å². The molecule has 1 amide bonds. The molecule has 6 nitrogen and oxygen atoms in total. The summed E-state index contributed by atoms with van der Waals surface area (Å²) in [6.07, 6.45) is 74.8. The zero-order valence-corrected chi connectivity index (χ0v) is 48.0. The number of unbranched alkanes of at least 4 members (excludes halogenated alkanes) is 45. The Morgan fingerprint density at radius 3 is 1.04 bits per heavy atom. The number of allylic oxidation sites excluding steroid dienone is 4. The minimum Gasteiger partial charge on any atom is -0.466 e. The van der Waals surface area contributed by atoms with E-state index in [2.05, 4.69) is 43.5 Å². The van der Waals surface area contributed by atoms with Gasteiger partial charge in [0.15, 0.2) is 0 Å². The van der Waals surface area contributed by atoms with E-state index in [-0.39, 0.29) is 18.5 Å². The molecule has 0 rings (SSSR count). The van der Waals surface area contributed by atoms with Crippen LogP contribution >= 0.6 is 0 Å². The van der Waals surface area contributed by atoms with Crippen molar-refractivity contribution in [2.45, 2.75) is 366 Å². The number of carbonyl (C=O) groups is 2. The maximum absolute atomic E-state index is 12.5. The van der Waals surface area contributed by atoms with Gasteiger partial charge in [0.05, 0.1) is 25.4 Å². The number of aliphatic hydroxyl groups is 2. The summed E-state index contributed by atoms with van der Waals surface area (Å²) in [5, 5.41) is 23.4. The molecule has 0 saturated heterocycles. The van der Waals surface area contributed by atoms with Crippen molar-refractivity contribution in [3.63, 3.8) is 0 Å². The highest BCUT2D eigenvalue weighted by Crippen LogP contribution is 2.18. The van der Waals surface area contributed by atoms with Crippen LogP contribution in [0.1, 0.15) is 354 Å². The molecule has 0 aromatic heterocycles. The largest absolute Gasteiger partial charge is 0.466 e. The molecule has 0 aliphatic carbocycles. The van der Waals surface area contributed by atoms with E-state index < -0.39 is 12.1 Å². The number of nitrogens with one attached hydrogen (secondary N) is 1. The fourth-order valence-corrected chi connectivity index (χ4v) is 10.0. The zero-order valence-electron chi connectivity index (χ0n) is 48.0. The summed E-state index contributed by atoms with van der Waals surface area (Å²) in [7, 11) is 0. The summed E-state index contributed by atoms with van der Waals surface area (Å²) in [6, 6.07) is -0.545. The molecular weight excluding hydrogens is 875 g/mol. The predicted octanol–water partition coefficient (Wildman–Crippen LogP) is 20.2. The van der Waals surface area contributed by atoms with Gasteiger partial charge in [-0.15, -0.1) is 0 Å². The first-order valence-corrected chi connectivity index (χ1v) is 32.1. The maximum atomic E-state index is 12.5. The molecule has 3 N–H and O–H groups in total. The standard InChI is InChI=1S/C65H125NO5/c1-3-5-7-9-11-13-15-16-17-18-25-28-31-34-38-41-45-49-53-57-63(68)62(61-67)66-64(69)58-54-50-46-42-39-35-32-29-26-23-21-19-20-22-24-27-30-33-36-40-44-48-52-56-60-71-65(70)59-55-51-47-43-37-14-12-10-8-6-4-2/h10,12,21,23,62-63,67-68H,3-9,11,13-20,22,24-61H2,1-2H3,(H,66,69)/b12-10-,23-21-. The van der Waals surface area contributed by atoms with Crippen LogP contribution in [0, 0.1) is 0 Å². The Labute approximate surface area is 443 Å². The van der Waals surface area contributed by atoms with Gasteiger partial charge in [-0.25, -0.2) is 0 Å². The number of hydrogen-bond acceptors (Lipinski definition) is 5. The molecule has 2 unspecified atom stereocenters. The van der Waals surface area contributed by atoms with E-state index in [1.165, 1.54) is 276 Å². The molecule has 0 fully saturated rings. The number of amides is 1. The lowest BCUT2D eigenvalue weighted by Gasteiger charge is -2.22. The lowest BCUT2D eigenvalue weighted by molar-refractivity contribution is -0.143. The molecule has 2 atom stereocenters. The molecule has 420 valence electrons. The van der Waals surface area contributed by atoms with Crippen molar-refractivity contribution in [1.29, 1.82) is 0 Å². The van der Waals surface area contributed by atoms with Gasteiger partial charge in [-0.3, -0.25) is 9.59 Å². The number of hydrogen-bond donors (Lipinski definition) is 3. The second kappa shape index (κ2) is 60.9. The van der Waals surface area contributed by atoms with Crippen LogP contribution in [0.5, 0.6) is 0 Å². The second-order valence-electron chi connectivity index (χ2n) is 22.1. The maximum Gasteiger partial charge on any atom is 0.305 e. The summed E-state index contributed by atoms with van der Waals surface area (Å²) < 4.78 is 5.46. The van der Waals surface area contributed by atoms with Crippen molar-refractivity contribution >= 4 is 11.9 Å². The number of rotatable bonds is 60. The first kappa shape index (κ1) is 69.3. The summed E-state index contributed by atoms with van der Waals surface area (Å²) in [5.74, 6) is -0.0345. The zero-order chi connectivity index (χ0) is 51.4. The van der Waals surface area contributed by atoms with Crippen LogP contribution in [0.15, 0.2) is 24.3 Å². The quantitative estimate of drug-likeness (QED) is 0.0320. The van der Waals surface area contributed by atoms with E-state index in [0.29, 0.717) is 25.9 Å². The van der Waals surface area contributed by atoms with Crippen LogP contribution in [0.4, 0.5) is 0 Å². The van der Waals surface area contributed by atoms with E-state index in [4.69, 9.17) is 4.74 Å².